The molecular formula is C23H31NO5. The minimum Gasteiger partial charge on any atom is -0.508 e. The number of aliphatic hydroxyl groups excluding tert-OH is 2. The van der Waals surface area contributed by atoms with Crippen LogP contribution in [0.5, 0.6) is 11.5 Å². The molecule has 2 aliphatic carbocycles. The van der Waals surface area contributed by atoms with E-state index in [9.17, 15) is 20.1 Å². The highest BCUT2D eigenvalue weighted by atomic mass is 16.5. The summed E-state index contributed by atoms with van der Waals surface area (Å²) in [5.41, 5.74) is 0.562. The molecule has 158 valence electrons. The fraction of sp³-hybridized carbons (Fsp3) is 0.696. The van der Waals surface area contributed by atoms with Crippen LogP contribution in [0.25, 0.3) is 0 Å². The van der Waals surface area contributed by atoms with E-state index < -0.39 is 23.2 Å². The second-order valence-corrected chi connectivity index (χ2v) is 10.6. The summed E-state index contributed by atoms with van der Waals surface area (Å²) >= 11 is 0. The summed E-state index contributed by atoms with van der Waals surface area (Å²) in [6, 6.07) is 1.57. The Bertz CT molecular complexity index is 911. The normalized spacial score (nSPS) is 42.1. The molecule has 0 saturated heterocycles. The van der Waals surface area contributed by atoms with Gasteiger partial charge < -0.3 is 25.4 Å². The molecule has 1 aromatic rings. The van der Waals surface area contributed by atoms with Gasteiger partial charge in [-0.3, -0.25) is 4.79 Å². The molecule has 4 aliphatic rings. The lowest BCUT2D eigenvalue weighted by molar-refractivity contribution is -0.260. The zero-order chi connectivity index (χ0) is 20.9. The number of amides is 1. The lowest BCUT2D eigenvalue weighted by Gasteiger charge is -2.67. The van der Waals surface area contributed by atoms with Gasteiger partial charge in [0.1, 0.15) is 17.1 Å². The number of fused-ring (bicyclic) bond motifs is 3. The molecule has 1 spiro atoms. The van der Waals surface area contributed by atoms with E-state index in [-0.39, 0.29) is 23.0 Å². The van der Waals surface area contributed by atoms with Gasteiger partial charge in [-0.05, 0) is 36.7 Å². The van der Waals surface area contributed by atoms with Gasteiger partial charge in [0.2, 0.25) is 0 Å². The Balaban J connectivity index is 1.75. The van der Waals surface area contributed by atoms with Gasteiger partial charge >= 0.3 is 0 Å². The van der Waals surface area contributed by atoms with Crippen LogP contribution in [0.3, 0.4) is 0 Å². The monoisotopic (exact) mass is 401 g/mol. The number of nitrogens with one attached hydrogen (secondary N) is 1. The highest BCUT2D eigenvalue weighted by molar-refractivity contribution is 6.00. The number of rotatable bonds is 0. The summed E-state index contributed by atoms with van der Waals surface area (Å²) in [7, 11) is 0. The first kappa shape index (κ1) is 19.2. The fourth-order valence-corrected chi connectivity index (χ4v) is 7.03. The third-order valence-corrected chi connectivity index (χ3v) is 9.00. The Hall–Kier alpha value is -1.79. The Morgan fingerprint density at radius 2 is 1.90 bits per heavy atom. The summed E-state index contributed by atoms with van der Waals surface area (Å²) in [5, 5.41) is 35.3. The Morgan fingerprint density at radius 1 is 1.17 bits per heavy atom. The van der Waals surface area contributed by atoms with E-state index in [2.05, 4.69) is 19.2 Å². The first-order valence-corrected chi connectivity index (χ1v) is 10.7. The van der Waals surface area contributed by atoms with Crippen molar-refractivity contribution in [2.45, 2.75) is 77.7 Å². The average Bonchev–Trinajstić information content (AvgIpc) is 3.01. The molecule has 0 radical (unpaired) electrons. The van der Waals surface area contributed by atoms with Crippen molar-refractivity contribution in [2.75, 3.05) is 0 Å². The van der Waals surface area contributed by atoms with Gasteiger partial charge in [-0.15, -0.1) is 0 Å². The van der Waals surface area contributed by atoms with Crippen LogP contribution in [-0.4, -0.2) is 39.0 Å². The zero-order valence-corrected chi connectivity index (χ0v) is 17.6. The van der Waals surface area contributed by atoms with Gasteiger partial charge in [0.15, 0.2) is 0 Å². The summed E-state index contributed by atoms with van der Waals surface area (Å²) in [6.07, 6.45) is 1.23. The number of phenols is 1. The molecule has 0 aromatic heterocycles. The molecule has 6 heteroatoms. The summed E-state index contributed by atoms with van der Waals surface area (Å²) < 4.78 is 6.90. The first-order valence-electron chi connectivity index (χ1n) is 10.7. The number of benzene rings is 1. The van der Waals surface area contributed by atoms with Crippen molar-refractivity contribution in [3.05, 3.63) is 22.8 Å². The predicted molar refractivity (Wildman–Crippen MR) is 107 cm³/mol. The van der Waals surface area contributed by atoms with Crippen molar-refractivity contribution in [3.63, 3.8) is 0 Å². The highest BCUT2D eigenvalue weighted by Crippen LogP contribution is 2.66. The number of aromatic hydroxyl groups is 1. The Labute approximate surface area is 171 Å². The molecule has 2 saturated carbocycles. The van der Waals surface area contributed by atoms with Crippen molar-refractivity contribution in [2.24, 2.45) is 22.7 Å². The van der Waals surface area contributed by atoms with Gasteiger partial charge in [-0.25, -0.2) is 0 Å². The second kappa shape index (κ2) is 5.67. The third-order valence-electron chi connectivity index (χ3n) is 9.00. The molecule has 1 amide bonds. The van der Waals surface area contributed by atoms with Gasteiger partial charge in [-0.1, -0.05) is 27.7 Å². The first-order chi connectivity index (χ1) is 13.5. The minimum absolute atomic E-state index is 0.0609. The van der Waals surface area contributed by atoms with Crippen LogP contribution in [0.2, 0.25) is 0 Å². The maximum atomic E-state index is 12.2. The van der Waals surface area contributed by atoms with Crippen LogP contribution in [0, 0.1) is 22.7 Å². The molecule has 2 fully saturated rings. The number of carbonyl (C=O) groups excluding carboxylic acids is 1. The second-order valence-electron chi connectivity index (χ2n) is 10.6. The minimum atomic E-state index is -0.877. The van der Waals surface area contributed by atoms with E-state index in [0.29, 0.717) is 36.6 Å². The number of ether oxygens (including phenoxy) is 1. The molecule has 2 heterocycles. The van der Waals surface area contributed by atoms with Crippen molar-refractivity contribution >= 4 is 5.91 Å². The molecule has 0 bridgehead atoms. The third kappa shape index (κ3) is 2.17. The lowest BCUT2D eigenvalue weighted by atomic mass is 9.43. The van der Waals surface area contributed by atoms with Crippen LogP contribution in [-0.2, 0) is 13.0 Å². The van der Waals surface area contributed by atoms with Gasteiger partial charge in [0, 0.05) is 35.4 Å². The quantitative estimate of drug-likeness (QED) is 0.535. The summed E-state index contributed by atoms with van der Waals surface area (Å²) in [4.78, 5) is 12.2. The van der Waals surface area contributed by atoms with Crippen molar-refractivity contribution in [1.82, 2.24) is 5.32 Å². The molecule has 29 heavy (non-hydrogen) atoms. The molecule has 2 aliphatic heterocycles. The van der Waals surface area contributed by atoms with Gasteiger partial charge in [0.25, 0.3) is 5.91 Å². The number of carbonyl (C=O) groups is 1. The number of phenolic OH excluding ortho intramolecular Hbond substituents is 1. The number of hydrogen-bond acceptors (Lipinski definition) is 5. The molecule has 6 nitrogen and oxygen atoms in total. The topological polar surface area (TPSA) is 99.0 Å². The van der Waals surface area contributed by atoms with E-state index >= 15 is 0 Å². The maximum absolute atomic E-state index is 12.2. The van der Waals surface area contributed by atoms with Crippen molar-refractivity contribution < 1.29 is 24.9 Å². The van der Waals surface area contributed by atoms with E-state index in [1.54, 1.807) is 6.07 Å². The molecule has 4 N–H and O–H groups in total. The van der Waals surface area contributed by atoms with Gasteiger partial charge in [-0.2, -0.15) is 0 Å². The highest BCUT2D eigenvalue weighted by Gasteiger charge is 2.69. The van der Waals surface area contributed by atoms with Crippen LogP contribution >= 0.6 is 0 Å². The maximum Gasteiger partial charge on any atom is 0.252 e. The van der Waals surface area contributed by atoms with Crippen LogP contribution in [0.15, 0.2) is 6.07 Å². The average molecular weight is 402 g/mol. The molecule has 5 rings (SSSR count). The SMILES string of the molecule is C[C@H]1CC[C@H]2C(C)(C)[C@@H](O)[C@@H](O)C[C@]23Oc2c(c(O)cc4c2CNC4=O)C[C@]13C. The van der Waals surface area contributed by atoms with E-state index in [1.807, 2.05) is 13.8 Å². The van der Waals surface area contributed by atoms with Gasteiger partial charge in [0.05, 0.1) is 17.8 Å². The summed E-state index contributed by atoms with van der Waals surface area (Å²) in [5.74, 6) is 0.912. The molecule has 6 atom stereocenters. The summed E-state index contributed by atoms with van der Waals surface area (Å²) in [6.45, 7) is 8.88. The smallest absolute Gasteiger partial charge is 0.252 e. The number of aliphatic hydroxyl groups is 2. The van der Waals surface area contributed by atoms with Crippen LogP contribution < -0.4 is 10.1 Å². The molecule has 0 unspecified atom stereocenters. The van der Waals surface area contributed by atoms with E-state index in [1.165, 1.54) is 0 Å². The predicted octanol–water partition coefficient (Wildman–Crippen LogP) is 2.51. The lowest BCUT2D eigenvalue weighted by Crippen LogP contribution is -2.73. The number of hydrogen-bond donors (Lipinski definition) is 4. The largest absolute Gasteiger partial charge is 0.508 e. The van der Waals surface area contributed by atoms with E-state index in [4.69, 9.17) is 4.74 Å². The van der Waals surface area contributed by atoms with E-state index in [0.717, 1.165) is 24.0 Å². The fourth-order valence-electron chi connectivity index (χ4n) is 7.03. The zero-order valence-electron chi connectivity index (χ0n) is 17.6. The van der Waals surface area contributed by atoms with Crippen molar-refractivity contribution in [3.8, 4) is 11.5 Å². The Kier molecular flexibility index (Phi) is 3.75. The molecule has 1 aromatic carbocycles. The standard InChI is InChI=1S/C23H31NO5/c1-11-5-6-17-21(2,3)19(27)16(26)9-23(17)22(11,4)8-13-15(25)7-12-14(18(13)29-23)10-24-20(12)28/h7,11,16-17,19,25-27H,5-6,8-10H2,1-4H3,(H,24,28)/t11-,16-,17-,19-,22+,23-/m0/s1. The van der Waals surface area contributed by atoms with Crippen molar-refractivity contribution in [1.29, 1.82) is 0 Å². The van der Waals surface area contributed by atoms with Crippen LogP contribution in [0.4, 0.5) is 0 Å². The Morgan fingerprint density at radius 3 is 2.62 bits per heavy atom. The van der Waals surface area contributed by atoms with Crippen LogP contribution in [0.1, 0.15) is 68.4 Å². The molecular weight excluding hydrogens is 370 g/mol.